The predicted octanol–water partition coefficient (Wildman–Crippen LogP) is 5.70. The highest BCUT2D eigenvalue weighted by atomic mass is 79.9. The second-order valence-corrected chi connectivity index (χ2v) is 10.3. The van der Waals surface area contributed by atoms with Crippen LogP contribution in [-0.2, 0) is 14.3 Å². The van der Waals surface area contributed by atoms with Crippen molar-refractivity contribution < 1.29 is 28.9 Å². The molecule has 0 radical (unpaired) electrons. The van der Waals surface area contributed by atoms with Crippen LogP contribution in [0.3, 0.4) is 0 Å². The van der Waals surface area contributed by atoms with Gasteiger partial charge in [0.15, 0.2) is 17.3 Å². The first-order chi connectivity index (χ1) is 17.1. The maximum absolute atomic E-state index is 13.7. The van der Waals surface area contributed by atoms with Crippen molar-refractivity contribution in [1.29, 1.82) is 0 Å². The number of ether oxygens (including phenoxy) is 3. The quantitative estimate of drug-likeness (QED) is 0.459. The molecule has 0 aromatic heterocycles. The molecule has 0 amide bonds. The van der Waals surface area contributed by atoms with E-state index in [1.807, 2.05) is 24.3 Å². The number of hydrogen-bond donors (Lipinski definition) is 1. The highest BCUT2D eigenvalue weighted by molar-refractivity contribution is 9.10. The zero-order chi connectivity index (χ0) is 26.1. The van der Waals surface area contributed by atoms with Crippen molar-refractivity contribution in [2.24, 2.45) is 10.9 Å². The molecule has 0 saturated carbocycles. The van der Waals surface area contributed by atoms with Crippen LogP contribution < -0.4 is 9.47 Å². The van der Waals surface area contributed by atoms with E-state index in [0.29, 0.717) is 39.9 Å². The molecular weight excluding hydrogens is 526 g/mol. The standard InChI is InChI=1S/C28H30BrNO6/c1-14(2)36-28(33)24-15(3)30-21-11-17(16-6-8-19(34-4)9-7-16)12-22(31)26(21)25(24)18-10-20(29)27(32)23(13-18)35-5/h6-10,13-14,17,24-25,32H,11-12H2,1-5H3/t17-,24?,25-/m1/s1. The van der Waals surface area contributed by atoms with Gasteiger partial charge in [0, 0.05) is 29.3 Å². The highest BCUT2D eigenvalue weighted by Gasteiger charge is 2.45. The molecule has 2 aromatic rings. The molecule has 0 fully saturated rings. The molecule has 1 unspecified atom stereocenters. The molecule has 1 heterocycles. The van der Waals surface area contributed by atoms with Crippen LogP contribution in [0.25, 0.3) is 0 Å². The van der Waals surface area contributed by atoms with E-state index in [-0.39, 0.29) is 29.3 Å². The van der Waals surface area contributed by atoms with Crippen LogP contribution in [-0.4, -0.2) is 42.9 Å². The summed E-state index contributed by atoms with van der Waals surface area (Å²) in [5.74, 6) is -0.942. The van der Waals surface area contributed by atoms with Gasteiger partial charge in [0.2, 0.25) is 0 Å². The zero-order valence-electron chi connectivity index (χ0n) is 21.0. The van der Waals surface area contributed by atoms with E-state index in [9.17, 15) is 14.7 Å². The molecule has 4 rings (SSSR count). The lowest BCUT2D eigenvalue weighted by molar-refractivity contribution is -0.150. The first-order valence-electron chi connectivity index (χ1n) is 11.9. The Labute approximate surface area is 219 Å². The number of Topliss-reactive ketones (excluding diaryl/α,β-unsaturated/α-hetero) is 1. The molecule has 190 valence electrons. The molecule has 3 atom stereocenters. The van der Waals surface area contributed by atoms with E-state index in [1.54, 1.807) is 40.0 Å². The molecule has 1 aliphatic heterocycles. The second-order valence-electron chi connectivity index (χ2n) is 9.41. The molecule has 8 heteroatoms. The molecule has 2 aromatic carbocycles. The van der Waals surface area contributed by atoms with Gasteiger partial charge in [0.05, 0.1) is 24.8 Å². The van der Waals surface area contributed by atoms with Gasteiger partial charge in [-0.3, -0.25) is 14.6 Å². The van der Waals surface area contributed by atoms with Crippen LogP contribution in [0.4, 0.5) is 0 Å². The van der Waals surface area contributed by atoms with Crippen LogP contribution >= 0.6 is 15.9 Å². The maximum atomic E-state index is 13.7. The summed E-state index contributed by atoms with van der Waals surface area (Å²) in [5.41, 5.74) is 3.51. The third-order valence-electron chi connectivity index (χ3n) is 6.71. The largest absolute Gasteiger partial charge is 0.503 e. The number of benzene rings is 2. The highest BCUT2D eigenvalue weighted by Crippen LogP contribution is 2.49. The second kappa shape index (κ2) is 10.5. The average Bonchev–Trinajstić information content (AvgIpc) is 2.84. The van der Waals surface area contributed by atoms with E-state index < -0.39 is 17.8 Å². The van der Waals surface area contributed by atoms with Gasteiger partial charge < -0.3 is 19.3 Å². The Morgan fingerprint density at radius 1 is 1.08 bits per heavy atom. The monoisotopic (exact) mass is 555 g/mol. The van der Waals surface area contributed by atoms with Crippen molar-refractivity contribution in [3.63, 3.8) is 0 Å². The van der Waals surface area contributed by atoms with Crippen LogP contribution in [0, 0.1) is 5.92 Å². The van der Waals surface area contributed by atoms with Gasteiger partial charge in [-0.1, -0.05) is 12.1 Å². The van der Waals surface area contributed by atoms with Crippen LogP contribution in [0.15, 0.2) is 57.1 Å². The number of nitrogens with zero attached hydrogens (tertiary/aromatic N) is 1. The fraction of sp³-hybridized carbons (Fsp3) is 0.393. The number of rotatable bonds is 6. The summed E-state index contributed by atoms with van der Waals surface area (Å²) < 4.78 is 16.6. The Balaban J connectivity index is 1.83. The van der Waals surface area contributed by atoms with E-state index in [4.69, 9.17) is 19.2 Å². The predicted molar refractivity (Wildman–Crippen MR) is 140 cm³/mol. The van der Waals surface area contributed by atoms with Crippen molar-refractivity contribution in [2.75, 3.05) is 14.2 Å². The van der Waals surface area contributed by atoms with Crippen molar-refractivity contribution in [3.05, 3.63) is 63.3 Å². The van der Waals surface area contributed by atoms with E-state index in [0.717, 1.165) is 11.3 Å². The minimum absolute atomic E-state index is 0.0281. The molecule has 0 bridgehead atoms. The van der Waals surface area contributed by atoms with Gasteiger partial charge in [-0.05, 0) is 84.4 Å². The van der Waals surface area contributed by atoms with Crippen LogP contribution in [0.2, 0.25) is 0 Å². The smallest absolute Gasteiger partial charge is 0.315 e. The van der Waals surface area contributed by atoms with Crippen molar-refractivity contribution >= 4 is 33.4 Å². The van der Waals surface area contributed by atoms with Gasteiger partial charge in [-0.15, -0.1) is 0 Å². The molecular formula is C28H30BrNO6. The summed E-state index contributed by atoms with van der Waals surface area (Å²) in [7, 11) is 3.08. The Kier molecular flexibility index (Phi) is 7.54. The number of phenolic OH excluding ortho intramolecular Hbond substituents is 1. The van der Waals surface area contributed by atoms with Crippen molar-refractivity contribution in [3.8, 4) is 17.2 Å². The summed E-state index contributed by atoms with van der Waals surface area (Å²) in [6.45, 7) is 5.38. The summed E-state index contributed by atoms with van der Waals surface area (Å²) in [6, 6.07) is 11.1. The van der Waals surface area contributed by atoms with E-state index in [1.165, 1.54) is 7.11 Å². The number of hydrogen-bond acceptors (Lipinski definition) is 7. The fourth-order valence-corrected chi connectivity index (χ4v) is 5.53. The lowest BCUT2D eigenvalue weighted by Gasteiger charge is -2.37. The van der Waals surface area contributed by atoms with Gasteiger partial charge in [-0.2, -0.15) is 0 Å². The van der Waals surface area contributed by atoms with E-state index >= 15 is 0 Å². The Morgan fingerprint density at radius 3 is 2.39 bits per heavy atom. The zero-order valence-corrected chi connectivity index (χ0v) is 22.6. The summed E-state index contributed by atoms with van der Waals surface area (Å²) >= 11 is 3.38. The average molecular weight is 556 g/mol. The normalized spacial score (nSPS) is 21.7. The van der Waals surface area contributed by atoms with Crippen molar-refractivity contribution in [1.82, 2.24) is 0 Å². The molecule has 0 spiro atoms. The van der Waals surface area contributed by atoms with Crippen molar-refractivity contribution in [2.45, 2.75) is 51.6 Å². The number of aromatic hydroxyl groups is 1. The fourth-order valence-electron chi connectivity index (χ4n) is 5.07. The van der Waals surface area contributed by atoms with Crippen LogP contribution in [0.1, 0.15) is 56.6 Å². The topological polar surface area (TPSA) is 94.4 Å². The SMILES string of the molecule is COc1ccc([C@H]2CC(=O)C3=C(C2)N=C(C)C(C(=O)OC(C)C)[C@H]3c2cc(Br)c(O)c(OC)c2)cc1. The molecule has 1 aliphatic carbocycles. The number of carbonyl (C=O) groups is 2. The Hall–Kier alpha value is -3.13. The summed E-state index contributed by atoms with van der Waals surface area (Å²) in [4.78, 5) is 31.8. The number of halogens is 1. The number of carbonyl (C=O) groups excluding carboxylic acids is 2. The number of ketones is 1. The Bertz CT molecular complexity index is 1250. The maximum Gasteiger partial charge on any atom is 0.315 e. The molecule has 7 nitrogen and oxygen atoms in total. The van der Waals surface area contributed by atoms with E-state index in [2.05, 4.69) is 15.9 Å². The first-order valence-corrected chi connectivity index (χ1v) is 12.7. The van der Waals surface area contributed by atoms with Gasteiger partial charge in [0.1, 0.15) is 11.7 Å². The number of aliphatic imine (C=N–C) groups is 1. The third kappa shape index (κ3) is 4.91. The van der Waals surface area contributed by atoms with Gasteiger partial charge >= 0.3 is 5.97 Å². The van der Waals surface area contributed by atoms with Gasteiger partial charge in [0.25, 0.3) is 0 Å². The van der Waals surface area contributed by atoms with Gasteiger partial charge in [-0.25, -0.2) is 0 Å². The Morgan fingerprint density at radius 2 is 1.78 bits per heavy atom. The van der Waals surface area contributed by atoms with Crippen LogP contribution in [0.5, 0.6) is 17.2 Å². The molecule has 1 N–H and O–H groups in total. The molecule has 2 aliphatic rings. The minimum Gasteiger partial charge on any atom is -0.503 e. The molecule has 0 saturated heterocycles. The number of esters is 1. The number of allylic oxidation sites excluding steroid dienone is 2. The minimum atomic E-state index is -0.770. The summed E-state index contributed by atoms with van der Waals surface area (Å²) in [6.07, 6.45) is 0.561. The number of phenols is 1. The molecule has 36 heavy (non-hydrogen) atoms. The lowest BCUT2D eigenvalue weighted by atomic mass is 9.69. The number of methoxy groups -OCH3 is 2. The lowest BCUT2D eigenvalue weighted by Crippen LogP contribution is -2.38. The summed E-state index contributed by atoms with van der Waals surface area (Å²) in [5, 5.41) is 10.4. The first kappa shape index (κ1) is 25.9. The third-order valence-corrected chi connectivity index (χ3v) is 7.32.